The van der Waals surface area contributed by atoms with Gasteiger partial charge in [-0.15, -0.1) is 0 Å². The molecule has 2 fully saturated rings. The third-order valence-electron chi connectivity index (χ3n) is 7.42. The summed E-state index contributed by atoms with van der Waals surface area (Å²) in [5.74, 6) is 0.535. The highest BCUT2D eigenvalue weighted by Crippen LogP contribution is 2.38. The van der Waals surface area contributed by atoms with Gasteiger partial charge < -0.3 is 20.3 Å². The predicted molar refractivity (Wildman–Crippen MR) is 164 cm³/mol. The molecule has 0 radical (unpaired) electrons. The van der Waals surface area contributed by atoms with Gasteiger partial charge in [-0.25, -0.2) is 4.98 Å². The molecular formula is C32H36N4O4S. The van der Waals surface area contributed by atoms with E-state index in [1.165, 1.54) is 0 Å². The fraction of sp³-hybridized carbons (Fsp3) is 0.312. The number of piperidine rings is 1. The van der Waals surface area contributed by atoms with Gasteiger partial charge in [-0.05, 0) is 42.3 Å². The van der Waals surface area contributed by atoms with Crippen LogP contribution in [0.2, 0.25) is 0 Å². The monoisotopic (exact) mass is 572 g/mol. The fourth-order valence-electron chi connectivity index (χ4n) is 5.10. The van der Waals surface area contributed by atoms with Crippen LogP contribution in [0.1, 0.15) is 35.5 Å². The highest BCUT2D eigenvalue weighted by molar-refractivity contribution is 7.96. The van der Waals surface area contributed by atoms with Crippen LogP contribution in [0.25, 0.3) is 6.08 Å². The van der Waals surface area contributed by atoms with E-state index in [4.69, 9.17) is 15.5 Å². The summed E-state index contributed by atoms with van der Waals surface area (Å²) in [7, 11) is 0. The van der Waals surface area contributed by atoms with Gasteiger partial charge in [0.25, 0.3) is 5.24 Å². The molecule has 2 aliphatic rings. The van der Waals surface area contributed by atoms with Gasteiger partial charge in [0, 0.05) is 35.7 Å². The highest BCUT2D eigenvalue weighted by atomic mass is 32.1. The van der Waals surface area contributed by atoms with E-state index in [0.717, 1.165) is 24.5 Å². The van der Waals surface area contributed by atoms with Crippen molar-refractivity contribution in [3.05, 3.63) is 101 Å². The smallest absolute Gasteiger partial charge is 0.279 e. The first-order chi connectivity index (χ1) is 19.7. The quantitative estimate of drug-likeness (QED) is 0.340. The Morgan fingerprint density at radius 1 is 1.00 bits per heavy atom. The summed E-state index contributed by atoms with van der Waals surface area (Å²) in [6.07, 6.45) is 2.42. The molecule has 1 unspecified atom stereocenters. The standard InChI is InChI=1S/C25H29N3O3S.C7H7NO/c1-25(2)21(15-18-7-4-3-5-8-18)28(24(30)32)17-19(23(25)29)16-20-9-6-10-22(26-20)27-11-13-31-14-12-27;8-7(9)6-4-2-1-3-5-6/h3-10,16,21H,11-15,17H2,1-2H3,(H,30,32);1-5H,(H2,8,9)/b19-16+;. The number of amides is 2. The van der Waals surface area contributed by atoms with Gasteiger partial charge >= 0.3 is 0 Å². The van der Waals surface area contributed by atoms with Gasteiger partial charge in [0.15, 0.2) is 5.78 Å². The third-order valence-corrected chi connectivity index (χ3v) is 7.67. The summed E-state index contributed by atoms with van der Waals surface area (Å²) >= 11 is 4.14. The lowest BCUT2D eigenvalue weighted by atomic mass is 9.71. The number of nitrogens with zero attached hydrogens (tertiary/aromatic N) is 3. The van der Waals surface area contributed by atoms with Gasteiger partial charge in [0.2, 0.25) is 5.91 Å². The van der Waals surface area contributed by atoms with Crippen LogP contribution in [0, 0.1) is 5.41 Å². The van der Waals surface area contributed by atoms with Crippen LogP contribution in [-0.4, -0.2) is 65.7 Å². The van der Waals surface area contributed by atoms with Crippen LogP contribution in [-0.2, 0) is 16.0 Å². The number of hydrogen-bond acceptors (Lipinski definition) is 6. The van der Waals surface area contributed by atoms with Crippen molar-refractivity contribution in [2.45, 2.75) is 26.3 Å². The first-order valence-electron chi connectivity index (χ1n) is 13.6. The second-order valence-electron chi connectivity index (χ2n) is 10.6. The van der Waals surface area contributed by atoms with Gasteiger partial charge in [0.1, 0.15) is 5.82 Å². The molecule has 41 heavy (non-hydrogen) atoms. The number of aromatic nitrogens is 1. The normalized spacial score (nSPS) is 19.3. The number of hydrogen-bond donors (Lipinski definition) is 2. The van der Waals surface area contributed by atoms with Crippen LogP contribution in [0.5, 0.6) is 0 Å². The Morgan fingerprint density at radius 2 is 1.63 bits per heavy atom. The molecule has 0 spiro atoms. The van der Waals surface area contributed by atoms with E-state index >= 15 is 0 Å². The Balaban J connectivity index is 0.000000367. The topological polar surface area (TPSA) is 106 Å². The summed E-state index contributed by atoms with van der Waals surface area (Å²) in [6.45, 7) is 7.01. The number of ether oxygens (including phenoxy) is 1. The van der Waals surface area contributed by atoms with Crippen molar-refractivity contribution in [1.29, 1.82) is 0 Å². The number of Topliss-reactive ketones (excluding diaryl/α,β-unsaturated/α-hetero) is 1. The predicted octanol–water partition coefficient (Wildman–Crippen LogP) is 4.66. The first-order valence-corrected chi connectivity index (χ1v) is 14.0. The number of thiol groups is 1. The Labute approximate surface area is 246 Å². The molecule has 2 aromatic carbocycles. The zero-order chi connectivity index (χ0) is 29.4. The highest BCUT2D eigenvalue weighted by Gasteiger charge is 2.47. The number of benzene rings is 2. The van der Waals surface area contributed by atoms with Crippen molar-refractivity contribution in [3.63, 3.8) is 0 Å². The Hall–Kier alpha value is -3.95. The summed E-state index contributed by atoms with van der Waals surface area (Å²) < 4.78 is 5.43. The van der Waals surface area contributed by atoms with E-state index in [9.17, 15) is 14.4 Å². The minimum Gasteiger partial charge on any atom is -0.378 e. The molecule has 2 saturated heterocycles. The molecule has 8 nitrogen and oxygen atoms in total. The summed E-state index contributed by atoms with van der Waals surface area (Å²) in [4.78, 5) is 45.0. The van der Waals surface area contributed by atoms with Gasteiger partial charge in [0.05, 0.1) is 25.5 Å². The molecule has 2 amide bonds. The lowest BCUT2D eigenvalue weighted by Crippen LogP contribution is -2.57. The largest absolute Gasteiger partial charge is 0.378 e. The Morgan fingerprint density at radius 3 is 2.22 bits per heavy atom. The molecule has 5 rings (SSSR count). The molecule has 2 N–H and O–H groups in total. The number of primary amides is 1. The maximum Gasteiger partial charge on any atom is 0.279 e. The minimum atomic E-state index is -0.750. The molecular weight excluding hydrogens is 536 g/mol. The number of morpholine rings is 1. The van der Waals surface area contributed by atoms with Gasteiger partial charge in [-0.1, -0.05) is 81.1 Å². The average molecular weight is 573 g/mol. The number of pyridine rings is 1. The minimum absolute atomic E-state index is 0.0443. The molecule has 3 aromatic rings. The zero-order valence-electron chi connectivity index (χ0n) is 23.4. The van der Waals surface area contributed by atoms with Gasteiger partial charge in [-0.2, -0.15) is 0 Å². The molecule has 1 atom stereocenters. The SMILES string of the molecule is CC1(C)C(=O)/C(=C/c2cccc(N3CCOCC3)n2)CN(C(=O)S)C1Cc1ccccc1.NC(=O)c1ccccc1. The Bertz CT molecular complexity index is 1390. The van der Waals surface area contributed by atoms with Crippen molar-refractivity contribution in [2.24, 2.45) is 11.1 Å². The molecule has 0 saturated carbocycles. The number of carbonyl (C=O) groups is 3. The lowest BCUT2D eigenvalue weighted by Gasteiger charge is -2.45. The summed E-state index contributed by atoms with van der Waals surface area (Å²) in [5.41, 5.74) is 7.15. The van der Waals surface area contributed by atoms with Crippen molar-refractivity contribution < 1.29 is 19.1 Å². The molecule has 9 heteroatoms. The van der Waals surface area contributed by atoms with Crippen molar-refractivity contribution in [2.75, 3.05) is 37.7 Å². The Kier molecular flexibility index (Phi) is 9.96. The molecule has 0 bridgehead atoms. The van der Waals surface area contributed by atoms with Crippen molar-refractivity contribution in [3.8, 4) is 0 Å². The number of anilines is 1. The van der Waals surface area contributed by atoms with Crippen LogP contribution in [0.3, 0.4) is 0 Å². The van der Waals surface area contributed by atoms with Crippen LogP contribution in [0.15, 0.2) is 84.4 Å². The maximum absolute atomic E-state index is 13.5. The van der Waals surface area contributed by atoms with E-state index in [1.807, 2.05) is 74.5 Å². The number of carbonyl (C=O) groups excluding carboxylic acids is 3. The number of rotatable bonds is 5. The fourth-order valence-corrected chi connectivity index (χ4v) is 5.31. The van der Waals surface area contributed by atoms with Crippen LogP contribution in [0.4, 0.5) is 10.6 Å². The zero-order valence-corrected chi connectivity index (χ0v) is 24.3. The van der Waals surface area contributed by atoms with Crippen molar-refractivity contribution in [1.82, 2.24) is 9.88 Å². The summed E-state index contributed by atoms with van der Waals surface area (Å²) in [6, 6.07) is 24.2. The van der Waals surface area contributed by atoms with Crippen molar-refractivity contribution >= 4 is 41.5 Å². The summed E-state index contributed by atoms with van der Waals surface area (Å²) in [5, 5.41) is -0.326. The average Bonchev–Trinajstić information content (AvgIpc) is 2.99. The van der Waals surface area contributed by atoms with E-state index < -0.39 is 5.41 Å². The number of ketones is 1. The van der Waals surface area contributed by atoms with Crippen LogP contribution < -0.4 is 10.6 Å². The molecule has 1 aromatic heterocycles. The number of nitrogens with two attached hydrogens (primary N) is 1. The molecule has 2 aliphatic heterocycles. The second kappa shape index (κ2) is 13.6. The lowest BCUT2D eigenvalue weighted by molar-refractivity contribution is -0.128. The van der Waals surface area contributed by atoms with E-state index in [0.29, 0.717) is 36.5 Å². The van der Waals surface area contributed by atoms with Gasteiger partial charge in [-0.3, -0.25) is 14.4 Å². The second-order valence-corrected chi connectivity index (χ2v) is 11.0. The molecule has 214 valence electrons. The maximum atomic E-state index is 13.5. The first kappa shape index (κ1) is 30.0. The third kappa shape index (κ3) is 7.62. The van der Waals surface area contributed by atoms with E-state index in [2.05, 4.69) is 17.5 Å². The van der Waals surface area contributed by atoms with E-state index in [1.54, 1.807) is 29.2 Å². The van der Waals surface area contributed by atoms with Crippen LogP contribution >= 0.6 is 12.6 Å². The van der Waals surface area contributed by atoms with E-state index in [-0.39, 0.29) is 29.5 Å². The molecule has 0 aliphatic carbocycles. The molecule has 3 heterocycles. The number of likely N-dealkylation sites (tertiary alicyclic amines) is 1.